The fraction of sp³-hybridized carbons (Fsp3) is 0.375. The molecule has 0 radical (unpaired) electrons. The molecule has 1 heterocycles. The van der Waals surface area contributed by atoms with Gasteiger partial charge in [0.2, 0.25) is 0 Å². The zero-order chi connectivity index (χ0) is 13.5. The number of aliphatic hydroxyl groups is 1. The molecular formula is C16H20O2S. The van der Waals surface area contributed by atoms with E-state index in [4.69, 9.17) is 4.74 Å². The van der Waals surface area contributed by atoms with Crippen LogP contribution in [0.1, 0.15) is 23.3 Å². The van der Waals surface area contributed by atoms with Gasteiger partial charge < -0.3 is 9.84 Å². The Morgan fingerprint density at radius 1 is 1.11 bits per heavy atom. The second kappa shape index (κ2) is 7.31. The molecule has 0 fully saturated rings. The molecule has 102 valence electrons. The highest BCUT2D eigenvalue weighted by molar-refractivity contribution is 7.09. The van der Waals surface area contributed by atoms with Gasteiger partial charge in [-0.3, -0.25) is 0 Å². The lowest BCUT2D eigenvalue weighted by atomic mass is 10.0. The summed E-state index contributed by atoms with van der Waals surface area (Å²) in [6.45, 7) is 0. The third kappa shape index (κ3) is 4.69. The van der Waals surface area contributed by atoms with Crippen LogP contribution >= 0.6 is 11.3 Å². The first-order chi connectivity index (χ1) is 9.28. The Morgan fingerprint density at radius 3 is 2.47 bits per heavy atom. The Balaban J connectivity index is 1.71. The summed E-state index contributed by atoms with van der Waals surface area (Å²) in [4.78, 5) is 1.35. The number of methoxy groups -OCH3 is 1. The highest BCUT2D eigenvalue weighted by atomic mass is 32.1. The topological polar surface area (TPSA) is 29.5 Å². The minimum atomic E-state index is -0.218. The maximum Gasteiger partial charge on any atom is 0.118 e. The van der Waals surface area contributed by atoms with Crippen LogP contribution in [0.25, 0.3) is 0 Å². The number of benzene rings is 1. The van der Waals surface area contributed by atoms with Gasteiger partial charge in [-0.15, -0.1) is 11.3 Å². The maximum atomic E-state index is 9.99. The van der Waals surface area contributed by atoms with Crippen LogP contribution in [0.15, 0.2) is 41.8 Å². The number of hydrogen-bond donors (Lipinski definition) is 1. The van der Waals surface area contributed by atoms with E-state index in [1.807, 2.05) is 12.1 Å². The summed E-state index contributed by atoms with van der Waals surface area (Å²) in [7, 11) is 1.67. The van der Waals surface area contributed by atoms with E-state index < -0.39 is 0 Å². The van der Waals surface area contributed by atoms with E-state index in [0.29, 0.717) is 0 Å². The van der Waals surface area contributed by atoms with Gasteiger partial charge in [0.1, 0.15) is 5.75 Å². The van der Waals surface area contributed by atoms with Crippen molar-refractivity contribution in [3.8, 4) is 5.75 Å². The number of aliphatic hydroxyl groups excluding tert-OH is 1. The summed E-state index contributed by atoms with van der Waals surface area (Å²) in [5.41, 5.74) is 1.25. The fourth-order valence-corrected chi connectivity index (χ4v) is 2.76. The van der Waals surface area contributed by atoms with E-state index in [1.54, 1.807) is 18.4 Å². The molecule has 19 heavy (non-hydrogen) atoms. The van der Waals surface area contributed by atoms with E-state index in [-0.39, 0.29) is 6.10 Å². The van der Waals surface area contributed by atoms with E-state index in [2.05, 4.69) is 29.6 Å². The molecule has 0 amide bonds. The van der Waals surface area contributed by atoms with Crippen molar-refractivity contribution in [2.75, 3.05) is 7.11 Å². The SMILES string of the molecule is COc1ccc(CCC(O)CCc2cccs2)cc1. The zero-order valence-electron chi connectivity index (χ0n) is 11.2. The van der Waals surface area contributed by atoms with Gasteiger partial charge in [0.15, 0.2) is 0 Å². The molecular weight excluding hydrogens is 256 g/mol. The van der Waals surface area contributed by atoms with Crippen molar-refractivity contribution in [1.82, 2.24) is 0 Å². The van der Waals surface area contributed by atoms with Gasteiger partial charge in [0.05, 0.1) is 13.2 Å². The summed E-state index contributed by atoms with van der Waals surface area (Å²) in [5.74, 6) is 0.877. The Morgan fingerprint density at radius 2 is 1.84 bits per heavy atom. The van der Waals surface area contributed by atoms with Crippen LogP contribution in [-0.2, 0) is 12.8 Å². The molecule has 1 N–H and O–H groups in total. The van der Waals surface area contributed by atoms with E-state index in [9.17, 15) is 5.11 Å². The van der Waals surface area contributed by atoms with Gasteiger partial charge in [-0.2, -0.15) is 0 Å². The Bertz CT molecular complexity index is 462. The summed E-state index contributed by atoms with van der Waals surface area (Å²) >= 11 is 1.76. The molecule has 0 saturated carbocycles. The molecule has 0 saturated heterocycles. The van der Waals surface area contributed by atoms with Crippen molar-refractivity contribution in [2.45, 2.75) is 31.8 Å². The van der Waals surface area contributed by atoms with Gasteiger partial charge in [-0.1, -0.05) is 18.2 Å². The minimum absolute atomic E-state index is 0.218. The molecule has 1 aromatic carbocycles. The third-order valence-electron chi connectivity index (χ3n) is 3.23. The standard InChI is InChI=1S/C16H20O2S/c1-18-15-9-5-13(6-10-15)4-7-14(17)8-11-16-3-2-12-19-16/h2-3,5-6,9-10,12,14,17H,4,7-8,11H2,1H3. The van der Waals surface area contributed by atoms with Crippen molar-refractivity contribution >= 4 is 11.3 Å². The molecule has 2 rings (SSSR count). The minimum Gasteiger partial charge on any atom is -0.497 e. The molecule has 1 atom stereocenters. The molecule has 1 unspecified atom stereocenters. The zero-order valence-corrected chi connectivity index (χ0v) is 12.0. The van der Waals surface area contributed by atoms with E-state index >= 15 is 0 Å². The number of ether oxygens (including phenoxy) is 1. The van der Waals surface area contributed by atoms with Crippen LogP contribution in [0.2, 0.25) is 0 Å². The predicted octanol–water partition coefficient (Wildman–Crippen LogP) is 3.68. The van der Waals surface area contributed by atoms with Crippen LogP contribution in [0, 0.1) is 0 Å². The Hall–Kier alpha value is -1.32. The summed E-state index contributed by atoms with van der Waals surface area (Å²) in [5, 5.41) is 12.1. The van der Waals surface area contributed by atoms with Gasteiger partial charge in [0, 0.05) is 4.88 Å². The maximum absolute atomic E-state index is 9.99. The average molecular weight is 276 g/mol. The second-order valence-corrected chi connectivity index (χ2v) is 5.69. The first kappa shape index (κ1) is 14.1. The molecule has 0 aliphatic rings. The normalized spacial score (nSPS) is 12.3. The largest absolute Gasteiger partial charge is 0.497 e. The molecule has 2 aromatic rings. The summed E-state index contributed by atoms with van der Waals surface area (Å²) in [6, 6.07) is 12.2. The van der Waals surface area contributed by atoms with E-state index in [0.717, 1.165) is 31.4 Å². The molecule has 0 spiro atoms. The molecule has 0 aliphatic heterocycles. The molecule has 3 heteroatoms. The van der Waals surface area contributed by atoms with Crippen molar-refractivity contribution in [3.63, 3.8) is 0 Å². The van der Waals surface area contributed by atoms with E-state index in [1.165, 1.54) is 10.4 Å². The average Bonchev–Trinajstić information content (AvgIpc) is 2.96. The molecule has 0 aliphatic carbocycles. The summed E-state index contributed by atoms with van der Waals surface area (Å²) < 4.78 is 5.13. The number of hydrogen-bond acceptors (Lipinski definition) is 3. The Labute approximate surface area is 118 Å². The van der Waals surface area contributed by atoms with Crippen LogP contribution in [0.3, 0.4) is 0 Å². The lowest BCUT2D eigenvalue weighted by Gasteiger charge is -2.10. The first-order valence-electron chi connectivity index (χ1n) is 6.61. The smallest absolute Gasteiger partial charge is 0.118 e. The van der Waals surface area contributed by atoms with Gasteiger partial charge in [-0.25, -0.2) is 0 Å². The van der Waals surface area contributed by atoms with Crippen LogP contribution in [0.4, 0.5) is 0 Å². The third-order valence-corrected chi connectivity index (χ3v) is 4.17. The van der Waals surface area contributed by atoms with Crippen LogP contribution in [-0.4, -0.2) is 18.3 Å². The second-order valence-electron chi connectivity index (χ2n) is 4.66. The highest BCUT2D eigenvalue weighted by Gasteiger charge is 2.06. The number of rotatable bonds is 7. The van der Waals surface area contributed by atoms with Gasteiger partial charge in [0.25, 0.3) is 0 Å². The lowest BCUT2D eigenvalue weighted by Crippen LogP contribution is -2.09. The van der Waals surface area contributed by atoms with Crippen molar-refractivity contribution < 1.29 is 9.84 Å². The molecule has 0 bridgehead atoms. The number of thiophene rings is 1. The fourth-order valence-electron chi connectivity index (χ4n) is 2.03. The molecule has 1 aromatic heterocycles. The highest BCUT2D eigenvalue weighted by Crippen LogP contribution is 2.16. The van der Waals surface area contributed by atoms with Crippen molar-refractivity contribution in [3.05, 3.63) is 52.2 Å². The quantitative estimate of drug-likeness (QED) is 0.836. The Kier molecular flexibility index (Phi) is 5.43. The first-order valence-corrected chi connectivity index (χ1v) is 7.49. The van der Waals surface area contributed by atoms with Gasteiger partial charge in [-0.05, 0) is 54.8 Å². The van der Waals surface area contributed by atoms with Crippen molar-refractivity contribution in [2.24, 2.45) is 0 Å². The van der Waals surface area contributed by atoms with Gasteiger partial charge >= 0.3 is 0 Å². The summed E-state index contributed by atoms with van der Waals surface area (Å²) in [6.07, 6.45) is 3.33. The van der Waals surface area contributed by atoms with Crippen LogP contribution < -0.4 is 4.74 Å². The van der Waals surface area contributed by atoms with Crippen molar-refractivity contribution in [1.29, 1.82) is 0 Å². The monoisotopic (exact) mass is 276 g/mol. The van der Waals surface area contributed by atoms with Crippen LogP contribution in [0.5, 0.6) is 5.75 Å². The molecule has 2 nitrogen and oxygen atoms in total. The predicted molar refractivity (Wildman–Crippen MR) is 80.0 cm³/mol. The lowest BCUT2D eigenvalue weighted by molar-refractivity contribution is 0.155. The number of aryl methyl sites for hydroxylation is 2.